The lowest BCUT2D eigenvalue weighted by Crippen LogP contribution is -2.29. The maximum absolute atomic E-state index is 12.1. The van der Waals surface area contributed by atoms with Gasteiger partial charge in [-0.2, -0.15) is 0 Å². The number of aromatic nitrogens is 1. The van der Waals surface area contributed by atoms with Gasteiger partial charge in [-0.25, -0.2) is 0 Å². The molecule has 0 bridgehead atoms. The number of benzene rings is 1. The molecule has 0 radical (unpaired) electrons. The van der Waals surface area contributed by atoms with Crippen molar-refractivity contribution in [3.63, 3.8) is 0 Å². The standard InChI is InChI=1S/C17H20N2O3/c1-3-19-12-14(9-10-16(19)21)18-15(20)11-17(2,22)13-7-5-4-6-8-13/h4-10,12,22H,3,11H2,1-2H3,(H,18,20). The van der Waals surface area contributed by atoms with Crippen molar-refractivity contribution in [2.45, 2.75) is 32.4 Å². The summed E-state index contributed by atoms with van der Waals surface area (Å²) in [7, 11) is 0. The Kier molecular flexibility index (Phi) is 4.78. The lowest BCUT2D eigenvalue weighted by molar-refractivity contribution is -0.120. The fourth-order valence-electron chi connectivity index (χ4n) is 2.27. The fourth-order valence-corrected chi connectivity index (χ4v) is 2.27. The van der Waals surface area contributed by atoms with E-state index in [1.54, 1.807) is 31.3 Å². The Morgan fingerprint density at radius 1 is 1.23 bits per heavy atom. The molecule has 1 aromatic carbocycles. The Balaban J connectivity index is 2.08. The largest absolute Gasteiger partial charge is 0.385 e. The number of carbonyl (C=O) groups is 1. The van der Waals surface area contributed by atoms with E-state index in [9.17, 15) is 14.7 Å². The third-order valence-electron chi connectivity index (χ3n) is 3.51. The molecular weight excluding hydrogens is 280 g/mol. The van der Waals surface area contributed by atoms with Crippen molar-refractivity contribution >= 4 is 11.6 Å². The van der Waals surface area contributed by atoms with Crippen molar-refractivity contribution in [3.05, 3.63) is 64.6 Å². The van der Waals surface area contributed by atoms with Gasteiger partial charge in [0.05, 0.1) is 17.7 Å². The smallest absolute Gasteiger partial charge is 0.250 e. The number of rotatable bonds is 5. The van der Waals surface area contributed by atoms with E-state index in [-0.39, 0.29) is 17.9 Å². The third kappa shape index (κ3) is 3.83. The van der Waals surface area contributed by atoms with Gasteiger partial charge in [-0.1, -0.05) is 30.3 Å². The van der Waals surface area contributed by atoms with Gasteiger partial charge in [0.25, 0.3) is 5.56 Å². The van der Waals surface area contributed by atoms with Gasteiger partial charge in [0.15, 0.2) is 0 Å². The van der Waals surface area contributed by atoms with Crippen molar-refractivity contribution in [1.82, 2.24) is 4.57 Å². The van der Waals surface area contributed by atoms with Crippen molar-refractivity contribution in [2.24, 2.45) is 0 Å². The van der Waals surface area contributed by atoms with Crippen molar-refractivity contribution in [3.8, 4) is 0 Å². The van der Waals surface area contributed by atoms with Gasteiger partial charge in [0.2, 0.25) is 5.91 Å². The minimum Gasteiger partial charge on any atom is -0.385 e. The Bertz CT molecular complexity index is 705. The summed E-state index contributed by atoms with van der Waals surface area (Å²) in [4.78, 5) is 23.6. The number of pyridine rings is 1. The molecule has 1 amide bonds. The number of hydrogen-bond donors (Lipinski definition) is 2. The first-order valence-electron chi connectivity index (χ1n) is 7.20. The third-order valence-corrected chi connectivity index (χ3v) is 3.51. The van der Waals surface area contributed by atoms with Gasteiger partial charge in [-0.05, 0) is 25.5 Å². The summed E-state index contributed by atoms with van der Waals surface area (Å²) in [6.07, 6.45) is 1.53. The van der Waals surface area contributed by atoms with Gasteiger partial charge in [0.1, 0.15) is 0 Å². The molecule has 1 aromatic heterocycles. The molecule has 0 spiro atoms. The minimum absolute atomic E-state index is 0.0672. The molecule has 116 valence electrons. The number of aliphatic hydroxyl groups is 1. The van der Waals surface area contributed by atoms with Crippen LogP contribution >= 0.6 is 0 Å². The van der Waals surface area contributed by atoms with Crippen LogP contribution in [0, 0.1) is 0 Å². The lowest BCUT2D eigenvalue weighted by atomic mass is 9.92. The first-order chi connectivity index (χ1) is 10.4. The molecule has 2 rings (SSSR count). The second-order valence-electron chi connectivity index (χ2n) is 5.41. The number of carbonyl (C=O) groups excluding carboxylic acids is 1. The zero-order valence-corrected chi connectivity index (χ0v) is 12.7. The quantitative estimate of drug-likeness (QED) is 0.888. The Hall–Kier alpha value is -2.40. The molecule has 5 heteroatoms. The fraction of sp³-hybridized carbons (Fsp3) is 0.294. The van der Waals surface area contributed by atoms with E-state index in [0.717, 1.165) is 0 Å². The monoisotopic (exact) mass is 300 g/mol. The van der Waals surface area contributed by atoms with E-state index in [1.165, 1.54) is 10.6 Å². The Labute approximate surface area is 129 Å². The SMILES string of the molecule is CCn1cc(NC(=O)CC(C)(O)c2ccccc2)ccc1=O. The van der Waals surface area contributed by atoms with E-state index < -0.39 is 5.60 Å². The molecule has 2 aromatic rings. The van der Waals surface area contributed by atoms with Crippen molar-refractivity contribution in [1.29, 1.82) is 0 Å². The number of aryl methyl sites for hydroxylation is 1. The van der Waals surface area contributed by atoms with Gasteiger partial charge >= 0.3 is 0 Å². The average molecular weight is 300 g/mol. The summed E-state index contributed by atoms with van der Waals surface area (Å²) < 4.78 is 1.50. The average Bonchev–Trinajstić information content (AvgIpc) is 2.49. The van der Waals surface area contributed by atoms with Crippen LogP contribution in [0.2, 0.25) is 0 Å². The number of anilines is 1. The van der Waals surface area contributed by atoms with Crippen LogP contribution in [0.15, 0.2) is 53.5 Å². The van der Waals surface area contributed by atoms with Crippen LogP contribution in [0.5, 0.6) is 0 Å². The Morgan fingerprint density at radius 2 is 1.91 bits per heavy atom. The van der Waals surface area contributed by atoms with E-state index in [0.29, 0.717) is 17.8 Å². The molecule has 0 fully saturated rings. The second kappa shape index (κ2) is 6.58. The summed E-state index contributed by atoms with van der Waals surface area (Å²) in [5.74, 6) is -0.310. The summed E-state index contributed by atoms with van der Waals surface area (Å²) >= 11 is 0. The van der Waals surface area contributed by atoms with E-state index in [4.69, 9.17) is 0 Å². The molecular formula is C17H20N2O3. The zero-order valence-electron chi connectivity index (χ0n) is 12.7. The van der Waals surface area contributed by atoms with Gasteiger partial charge in [-0.15, -0.1) is 0 Å². The predicted octanol–water partition coefficient (Wildman–Crippen LogP) is 2.10. The molecule has 2 N–H and O–H groups in total. The van der Waals surface area contributed by atoms with E-state index in [1.807, 2.05) is 25.1 Å². The molecule has 0 aliphatic carbocycles. The minimum atomic E-state index is -1.25. The molecule has 0 saturated heterocycles. The highest BCUT2D eigenvalue weighted by atomic mass is 16.3. The van der Waals surface area contributed by atoms with Gasteiger partial charge in [-0.3, -0.25) is 9.59 Å². The first-order valence-corrected chi connectivity index (χ1v) is 7.20. The topological polar surface area (TPSA) is 71.3 Å². The Morgan fingerprint density at radius 3 is 2.55 bits per heavy atom. The van der Waals surface area contributed by atoms with Crippen LogP contribution in [0.25, 0.3) is 0 Å². The van der Waals surface area contributed by atoms with E-state index in [2.05, 4.69) is 5.32 Å². The van der Waals surface area contributed by atoms with Crippen LogP contribution in [-0.2, 0) is 16.9 Å². The highest BCUT2D eigenvalue weighted by Crippen LogP contribution is 2.24. The van der Waals surface area contributed by atoms with Crippen LogP contribution in [0.3, 0.4) is 0 Å². The van der Waals surface area contributed by atoms with Crippen LogP contribution in [0.4, 0.5) is 5.69 Å². The summed E-state index contributed by atoms with van der Waals surface area (Å²) in [6.45, 7) is 3.99. The lowest BCUT2D eigenvalue weighted by Gasteiger charge is -2.23. The maximum atomic E-state index is 12.1. The molecule has 0 aliphatic rings. The molecule has 0 saturated carbocycles. The highest BCUT2D eigenvalue weighted by molar-refractivity contribution is 5.91. The van der Waals surface area contributed by atoms with Crippen molar-refractivity contribution in [2.75, 3.05) is 5.32 Å². The first kappa shape index (κ1) is 16.0. The summed E-state index contributed by atoms with van der Waals surface area (Å²) in [6, 6.07) is 12.0. The molecule has 5 nitrogen and oxygen atoms in total. The van der Waals surface area contributed by atoms with Gasteiger partial charge in [0, 0.05) is 18.8 Å². The molecule has 22 heavy (non-hydrogen) atoms. The van der Waals surface area contributed by atoms with Crippen molar-refractivity contribution < 1.29 is 9.90 Å². The van der Waals surface area contributed by atoms with Crippen LogP contribution < -0.4 is 10.9 Å². The molecule has 1 unspecified atom stereocenters. The normalized spacial score (nSPS) is 13.4. The number of hydrogen-bond acceptors (Lipinski definition) is 3. The van der Waals surface area contributed by atoms with E-state index >= 15 is 0 Å². The van der Waals surface area contributed by atoms with Gasteiger partial charge < -0.3 is 15.0 Å². The second-order valence-corrected chi connectivity index (χ2v) is 5.41. The maximum Gasteiger partial charge on any atom is 0.250 e. The number of amides is 1. The predicted molar refractivity (Wildman–Crippen MR) is 85.6 cm³/mol. The summed E-state index contributed by atoms with van der Waals surface area (Å²) in [5, 5.41) is 13.2. The molecule has 1 heterocycles. The zero-order chi connectivity index (χ0) is 16.2. The highest BCUT2D eigenvalue weighted by Gasteiger charge is 2.26. The van der Waals surface area contributed by atoms with Crippen LogP contribution in [0.1, 0.15) is 25.8 Å². The summed E-state index contributed by atoms with van der Waals surface area (Å²) in [5.41, 5.74) is -0.138. The van der Waals surface area contributed by atoms with Crippen LogP contribution in [-0.4, -0.2) is 15.6 Å². The molecule has 1 atom stereocenters. The number of nitrogens with one attached hydrogen (secondary N) is 1. The molecule has 0 aliphatic heterocycles. The number of nitrogens with zero attached hydrogens (tertiary/aromatic N) is 1.